The van der Waals surface area contributed by atoms with Gasteiger partial charge in [-0.05, 0) is 12.1 Å². The van der Waals surface area contributed by atoms with Gasteiger partial charge in [0, 0.05) is 24.9 Å². The quantitative estimate of drug-likeness (QED) is 0.651. The van der Waals surface area contributed by atoms with Gasteiger partial charge in [-0.15, -0.1) is 0 Å². The summed E-state index contributed by atoms with van der Waals surface area (Å²) in [6.07, 6.45) is 3.06. The molecule has 70 valence electrons. The first-order chi connectivity index (χ1) is 6.04. The van der Waals surface area contributed by atoms with E-state index in [4.69, 9.17) is 15.6 Å². The molecule has 1 heterocycles. The van der Waals surface area contributed by atoms with Crippen molar-refractivity contribution < 1.29 is 14.7 Å². The molecule has 0 spiro atoms. The van der Waals surface area contributed by atoms with Gasteiger partial charge >= 0.3 is 0 Å². The Morgan fingerprint density at radius 3 is 2.00 bits per heavy atom. The van der Waals surface area contributed by atoms with Crippen LogP contribution >= 0.6 is 0 Å². The summed E-state index contributed by atoms with van der Waals surface area (Å²) in [5.41, 5.74) is 5.44. The van der Waals surface area contributed by atoms with Gasteiger partial charge < -0.3 is 10.8 Å². The third kappa shape index (κ3) is 6.49. The standard InChI is InChI=1S/C6H6N2O.C2H4O2/c7-6(9)5-1-3-8-4-2-5;1-2(3)4/h1-4H,(H2,7,9);1H3,(H,3,4). The predicted molar refractivity (Wildman–Crippen MR) is 46.1 cm³/mol. The molecule has 3 N–H and O–H groups in total. The van der Waals surface area contributed by atoms with Crippen LogP contribution in [0.4, 0.5) is 0 Å². The summed E-state index contributed by atoms with van der Waals surface area (Å²) in [6.45, 7) is 1.08. The van der Waals surface area contributed by atoms with Crippen LogP contribution in [0.3, 0.4) is 0 Å². The Labute approximate surface area is 75.2 Å². The third-order valence-corrected chi connectivity index (χ3v) is 0.965. The SMILES string of the molecule is CC(=O)O.NC(=O)c1ccncc1. The highest BCUT2D eigenvalue weighted by Gasteiger charge is 1.94. The second-order valence-corrected chi connectivity index (χ2v) is 2.12. The molecular formula is C8H10N2O3. The van der Waals surface area contributed by atoms with E-state index < -0.39 is 11.9 Å². The molecule has 13 heavy (non-hydrogen) atoms. The molecule has 0 unspecified atom stereocenters. The van der Waals surface area contributed by atoms with Gasteiger partial charge in [0.1, 0.15) is 0 Å². The van der Waals surface area contributed by atoms with Crippen LogP contribution in [0.15, 0.2) is 24.5 Å². The molecule has 0 radical (unpaired) electrons. The molecule has 0 aliphatic rings. The molecule has 0 fully saturated rings. The number of nitrogens with zero attached hydrogens (tertiary/aromatic N) is 1. The maximum Gasteiger partial charge on any atom is 0.300 e. The summed E-state index contributed by atoms with van der Waals surface area (Å²) in [5, 5.41) is 7.42. The molecular weight excluding hydrogens is 172 g/mol. The molecule has 5 heteroatoms. The largest absolute Gasteiger partial charge is 0.481 e. The number of carbonyl (C=O) groups excluding carboxylic acids is 1. The van der Waals surface area contributed by atoms with E-state index in [9.17, 15) is 4.79 Å². The zero-order chi connectivity index (χ0) is 10.3. The summed E-state index contributed by atoms with van der Waals surface area (Å²) >= 11 is 0. The highest BCUT2D eigenvalue weighted by molar-refractivity contribution is 5.92. The Kier molecular flexibility index (Phi) is 4.87. The van der Waals surface area contributed by atoms with Crippen LogP contribution in [0.25, 0.3) is 0 Å². The minimum Gasteiger partial charge on any atom is -0.481 e. The Hall–Kier alpha value is -1.91. The van der Waals surface area contributed by atoms with Crippen LogP contribution in [0.5, 0.6) is 0 Å². The maximum absolute atomic E-state index is 10.4. The zero-order valence-electron chi connectivity index (χ0n) is 7.10. The van der Waals surface area contributed by atoms with E-state index in [2.05, 4.69) is 4.98 Å². The van der Waals surface area contributed by atoms with Crippen LogP contribution in [0.1, 0.15) is 17.3 Å². The second-order valence-electron chi connectivity index (χ2n) is 2.12. The second kappa shape index (κ2) is 5.70. The number of pyridine rings is 1. The van der Waals surface area contributed by atoms with Gasteiger partial charge in [-0.1, -0.05) is 0 Å². The van der Waals surface area contributed by atoms with Crippen molar-refractivity contribution in [2.75, 3.05) is 0 Å². The Bertz CT molecular complexity index is 281. The van der Waals surface area contributed by atoms with Gasteiger partial charge in [0.15, 0.2) is 0 Å². The number of hydrogen-bond donors (Lipinski definition) is 2. The molecule has 0 saturated carbocycles. The average Bonchev–Trinajstić information content (AvgIpc) is 2.05. The third-order valence-electron chi connectivity index (χ3n) is 0.965. The number of nitrogens with two attached hydrogens (primary N) is 1. The monoisotopic (exact) mass is 182 g/mol. The van der Waals surface area contributed by atoms with E-state index in [1.54, 1.807) is 12.1 Å². The molecule has 0 aromatic carbocycles. The Balaban J connectivity index is 0.000000310. The molecule has 1 aromatic heterocycles. The van der Waals surface area contributed by atoms with Gasteiger partial charge in [0.05, 0.1) is 0 Å². The molecule has 1 aromatic rings. The summed E-state index contributed by atoms with van der Waals surface area (Å²) in [4.78, 5) is 23.1. The number of amides is 1. The number of primary amides is 1. The number of carboxylic acids is 1. The van der Waals surface area contributed by atoms with Crippen LogP contribution in [0.2, 0.25) is 0 Å². The van der Waals surface area contributed by atoms with Crippen molar-refractivity contribution in [2.45, 2.75) is 6.92 Å². The van der Waals surface area contributed by atoms with Crippen molar-refractivity contribution in [1.82, 2.24) is 4.98 Å². The topological polar surface area (TPSA) is 93.3 Å². The number of rotatable bonds is 1. The molecule has 0 saturated heterocycles. The maximum atomic E-state index is 10.4. The zero-order valence-corrected chi connectivity index (χ0v) is 7.10. The van der Waals surface area contributed by atoms with Gasteiger partial charge in [-0.3, -0.25) is 14.6 Å². The number of carboxylic acid groups (broad SMARTS) is 1. The van der Waals surface area contributed by atoms with Crippen LogP contribution in [0, 0.1) is 0 Å². The average molecular weight is 182 g/mol. The van der Waals surface area contributed by atoms with Crippen LogP contribution in [-0.2, 0) is 4.79 Å². The van der Waals surface area contributed by atoms with Gasteiger partial charge in [-0.25, -0.2) is 0 Å². The van der Waals surface area contributed by atoms with E-state index in [1.165, 1.54) is 12.4 Å². The van der Waals surface area contributed by atoms with Crippen molar-refractivity contribution in [3.63, 3.8) is 0 Å². The Morgan fingerprint density at radius 2 is 1.77 bits per heavy atom. The number of aliphatic carboxylic acids is 1. The molecule has 0 atom stereocenters. The highest BCUT2D eigenvalue weighted by atomic mass is 16.4. The summed E-state index contributed by atoms with van der Waals surface area (Å²) in [5.74, 6) is -1.25. The molecule has 0 bridgehead atoms. The molecule has 0 aliphatic heterocycles. The predicted octanol–water partition coefficient (Wildman–Crippen LogP) is 0.271. The van der Waals surface area contributed by atoms with E-state index >= 15 is 0 Å². The first kappa shape index (κ1) is 11.1. The lowest BCUT2D eigenvalue weighted by Crippen LogP contribution is -2.10. The fourth-order valence-corrected chi connectivity index (χ4v) is 0.516. The van der Waals surface area contributed by atoms with Gasteiger partial charge in [-0.2, -0.15) is 0 Å². The summed E-state index contributed by atoms with van der Waals surface area (Å²) in [6, 6.07) is 3.14. The first-order valence-electron chi connectivity index (χ1n) is 3.43. The van der Waals surface area contributed by atoms with E-state index in [0.29, 0.717) is 5.56 Å². The summed E-state index contributed by atoms with van der Waals surface area (Å²) < 4.78 is 0. The fourth-order valence-electron chi connectivity index (χ4n) is 0.516. The number of carbonyl (C=O) groups is 2. The fraction of sp³-hybridized carbons (Fsp3) is 0.125. The first-order valence-corrected chi connectivity index (χ1v) is 3.43. The van der Waals surface area contributed by atoms with Gasteiger partial charge in [0.25, 0.3) is 5.97 Å². The van der Waals surface area contributed by atoms with Crippen molar-refractivity contribution in [3.8, 4) is 0 Å². The number of hydrogen-bond acceptors (Lipinski definition) is 3. The van der Waals surface area contributed by atoms with Crippen molar-refractivity contribution >= 4 is 11.9 Å². The van der Waals surface area contributed by atoms with Crippen molar-refractivity contribution in [2.24, 2.45) is 5.73 Å². The number of aromatic nitrogens is 1. The normalized spacial score (nSPS) is 8.08. The molecule has 1 amide bonds. The molecule has 5 nitrogen and oxygen atoms in total. The lowest BCUT2D eigenvalue weighted by atomic mass is 10.3. The van der Waals surface area contributed by atoms with E-state index in [-0.39, 0.29) is 0 Å². The summed E-state index contributed by atoms with van der Waals surface area (Å²) in [7, 11) is 0. The lowest BCUT2D eigenvalue weighted by molar-refractivity contribution is -0.134. The van der Waals surface area contributed by atoms with Gasteiger partial charge in [0.2, 0.25) is 5.91 Å². The van der Waals surface area contributed by atoms with Crippen LogP contribution < -0.4 is 5.73 Å². The van der Waals surface area contributed by atoms with Crippen LogP contribution in [-0.4, -0.2) is 22.0 Å². The van der Waals surface area contributed by atoms with Crippen molar-refractivity contribution in [3.05, 3.63) is 30.1 Å². The minimum atomic E-state index is -0.833. The highest BCUT2D eigenvalue weighted by Crippen LogP contribution is 1.91. The smallest absolute Gasteiger partial charge is 0.300 e. The lowest BCUT2D eigenvalue weighted by Gasteiger charge is -1.88. The van der Waals surface area contributed by atoms with E-state index in [0.717, 1.165) is 6.92 Å². The molecule has 1 rings (SSSR count). The Morgan fingerprint density at radius 1 is 1.38 bits per heavy atom. The minimum absolute atomic E-state index is 0.419. The molecule has 0 aliphatic carbocycles. The van der Waals surface area contributed by atoms with Crippen molar-refractivity contribution in [1.29, 1.82) is 0 Å². The van der Waals surface area contributed by atoms with E-state index in [1.807, 2.05) is 0 Å².